The van der Waals surface area contributed by atoms with Crippen LogP contribution in [-0.2, 0) is 5.41 Å². The number of nitrogens with one attached hydrogen (secondary N) is 1. The van der Waals surface area contributed by atoms with Gasteiger partial charge in [-0.05, 0) is 41.5 Å². The number of aliphatic hydroxyl groups excluding tert-OH is 2. The van der Waals surface area contributed by atoms with Gasteiger partial charge in [0.15, 0.2) is 6.29 Å². The second kappa shape index (κ2) is 19.8. The third-order valence-electron chi connectivity index (χ3n) is 6.05. The van der Waals surface area contributed by atoms with Gasteiger partial charge in [0.05, 0.1) is 16.7 Å². The summed E-state index contributed by atoms with van der Waals surface area (Å²) in [7, 11) is 3.18. The van der Waals surface area contributed by atoms with Crippen molar-refractivity contribution in [2.45, 2.75) is 51.9 Å². The summed E-state index contributed by atoms with van der Waals surface area (Å²) in [4.78, 5) is 49.5. The zero-order chi connectivity index (χ0) is 37.3. The van der Waals surface area contributed by atoms with Gasteiger partial charge in [0.1, 0.15) is 0 Å². The summed E-state index contributed by atoms with van der Waals surface area (Å²) in [6.45, 7) is 15.2. The summed E-state index contributed by atoms with van der Waals surface area (Å²) in [6, 6.07) is 2.93. The van der Waals surface area contributed by atoms with E-state index < -0.39 is 68.9 Å². The maximum atomic E-state index is 14.6. The summed E-state index contributed by atoms with van der Waals surface area (Å²) in [5.41, 5.74) is -9.77. The van der Waals surface area contributed by atoms with E-state index >= 15 is 0 Å². The summed E-state index contributed by atoms with van der Waals surface area (Å²) in [5.74, 6) is -3.23. The molecule has 0 unspecified atom stereocenters. The Kier molecular flexibility index (Phi) is 18.8. The van der Waals surface area contributed by atoms with Gasteiger partial charge in [0.25, 0.3) is 17.7 Å². The number of amides is 3. The first-order valence-electron chi connectivity index (χ1n) is 13.9. The Hall–Kier alpha value is -4.56. The fraction of sp³-hybridized carbons (Fsp3) is 0.333. The average molecular weight is 675 g/mol. The Morgan fingerprint density at radius 3 is 1.72 bits per heavy atom. The summed E-state index contributed by atoms with van der Waals surface area (Å²) in [5, 5.41) is 15.8. The van der Waals surface area contributed by atoms with E-state index in [0.29, 0.717) is 36.4 Å². The molecule has 47 heavy (non-hydrogen) atoms. The summed E-state index contributed by atoms with van der Waals surface area (Å²) >= 11 is 0. The molecule has 8 nitrogen and oxygen atoms in total. The Bertz CT molecular complexity index is 1420. The number of aliphatic hydroxyl groups is 2. The molecular weight excluding hydrogens is 634 g/mol. The van der Waals surface area contributed by atoms with Crippen LogP contribution in [0.5, 0.6) is 0 Å². The van der Waals surface area contributed by atoms with Crippen molar-refractivity contribution in [3.63, 3.8) is 0 Å². The first-order valence-corrected chi connectivity index (χ1v) is 13.9. The lowest BCUT2D eigenvalue weighted by molar-refractivity contribution is -0.288. The van der Waals surface area contributed by atoms with Crippen molar-refractivity contribution >= 4 is 24.0 Å². The molecule has 1 heterocycles. The standard InChI is InChI=1S/C26H18F6N2O4.C3H8.C2H6.2CH4O/c1-4-6-17(5-2)34(3)23(38)19-11-15(8-7-14(19)13-35)24(25(27,28)29,26(30,31)32)16-9-10-18-20(12-16)22(37)33-21(18)36;1-3-2;3*1-2/h4-13H,1-2H2,3H3,(H,33,36,37);3H2,1-2H3;1-2H3;2*2H,1H3/b17-6+;;;;. The highest BCUT2D eigenvalue weighted by molar-refractivity contribution is 6.21. The number of imide groups is 1. The highest BCUT2D eigenvalue weighted by Gasteiger charge is 2.72. The first kappa shape index (κ1) is 44.6. The third-order valence-corrected chi connectivity index (χ3v) is 6.05. The second-order valence-corrected chi connectivity index (χ2v) is 8.81. The van der Waals surface area contributed by atoms with Crippen molar-refractivity contribution in [1.29, 1.82) is 0 Å². The maximum absolute atomic E-state index is 14.6. The largest absolute Gasteiger partial charge is 0.411 e. The molecule has 3 amide bonds. The number of rotatable bonds is 7. The minimum atomic E-state index is -6.05. The molecule has 14 heteroatoms. The number of fused-ring (bicyclic) bond motifs is 1. The molecule has 1 aliphatic rings. The zero-order valence-electron chi connectivity index (χ0n) is 27.1. The maximum Gasteiger partial charge on any atom is 0.411 e. The molecule has 0 bridgehead atoms. The summed E-state index contributed by atoms with van der Waals surface area (Å²) in [6.07, 6.45) is -6.97. The number of halogens is 6. The second-order valence-electron chi connectivity index (χ2n) is 8.81. The number of hydrogen-bond acceptors (Lipinski definition) is 6. The molecule has 0 aromatic heterocycles. The fourth-order valence-corrected chi connectivity index (χ4v) is 4.20. The van der Waals surface area contributed by atoms with Gasteiger partial charge in [-0.2, -0.15) is 26.3 Å². The van der Waals surface area contributed by atoms with E-state index in [0.717, 1.165) is 19.1 Å². The quantitative estimate of drug-likeness (QED) is 0.129. The van der Waals surface area contributed by atoms with E-state index in [4.69, 9.17) is 10.2 Å². The van der Waals surface area contributed by atoms with Crippen LogP contribution < -0.4 is 5.32 Å². The monoisotopic (exact) mass is 674 g/mol. The summed E-state index contributed by atoms with van der Waals surface area (Å²) < 4.78 is 87.8. The minimum Gasteiger partial charge on any atom is -0.400 e. The normalized spacial score (nSPS) is 12.1. The predicted molar refractivity (Wildman–Crippen MR) is 167 cm³/mol. The van der Waals surface area contributed by atoms with Gasteiger partial charge in [-0.15, -0.1) is 0 Å². The molecule has 3 rings (SSSR count). The molecular formula is C33H40F6N2O6. The number of aldehydes is 1. The molecule has 0 radical (unpaired) electrons. The molecule has 0 saturated heterocycles. The Morgan fingerprint density at radius 2 is 1.30 bits per heavy atom. The predicted octanol–water partition coefficient (Wildman–Crippen LogP) is 6.78. The van der Waals surface area contributed by atoms with Crippen LogP contribution in [0.2, 0.25) is 0 Å². The molecule has 0 saturated carbocycles. The number of allylic oxidation sites excluding steroid dienone is 3. The lowest BCUT2D eigenvalue weighted by Crippen LogP contribution is -2.55. The molecule has 2 aromatic rings. The van der Waals surface area contributed by atoms with E-state index in [-0.39, 0.29) is 12.0 Å². The van der Waals surface area contributed by atoms with Crippen LogP contribution in [0, 0.1) is 0 Å². The number of benzene rings is 2. The molecule has 0 fully saturated rings. The third kappa shape index (κ3) is 9.48. The van der Waals surface area contributed by atoms with Gasteiger partial charge in [-0.25, -0.2) is 0 Å². The van der Waals surface area contributed by atoms with Crippen LogP contribution in [0.1, 0.15) is 86.7 Å². The lowest BCUT2D eigenvalue weighted by Gasteiger charge is -2.38. The zero-order valence-corrected chi connectivity index (χ0v) is 27.1. The molecule has 1 aliphatic heterocycles. The van der Waals surface area contributed by atoms with Crippen molar-refractivity contribution in [1.82, 2.24) is 10.2 Å². The van der Waals surface area contributed by atoms with E-state index in [1.807, 2.05) is 13.8 Å². The first-order chi connectivity index (χ1) is 22.1. The molecule has 0 atom stereocenters. The van der Waals surface area contributed by atoms with Gasteiger partial charge in [-0.3, -0.25) is 24.5 Å². The van der Waals surface area contributed by atoms with Crippen molar-refractivity contribution < 1.29 is 55.7 Å². The van der Waals surface area contributed by atoms with Gasteiger partial charge < -0.3 is 15.1 Å². The molecule has 260 valence electrons. The van der Waals surface area contributed by atoms with Gasteiger partial charge >= 0.3 is 12.4 Å². The van der Waals surface area contributed by atoms with E-state index in [1.54, 1.807) is 5.32 Å². The molecule has 0 aliphatic carbocycles. The Morgan fingerprint density at radius 1 is 0.851 bits per heavy atom. The van der Waals surface area contributed by atoms with Crippen molar-refractivity contribution in [2.24, 2.45) is 0 Å². The van der Waals surface area contributed by atoms with Gasteiger partial charge in [0.2, 0.25) is 5.41 Å². The van der Waals surface area contributed by atoms with Crippen LogP contribution in [-0.4, -0.2) is 72.7 Å². The highest BCUT2D eigenvalue weighted by Crippen LogP contribution is 2.56. The number of likely N-dealkylation sites (N-methyl/N-ethyl adjacent to an activating group) is 1. The number of alkyl halides is 6. The molecule has 2 aromatic carbocycles. The van der Waals surface area contributed by atoms with E-state index in [1.165, 1.54) is 31.7 Å². The van der Waals surface area contributed by atoms with Crippen LogP contribution in [0.3, 0.4) is 0 Å². The van der Waals surface area contributed by atoms with E-state index in [9.17, 15) is 45.5 Å². The van der Waals surface area contributed by atoms with Crippen LogP contribution >= 0.6 is 0 Å². The van der Waals surface area contributed by atoms with Crippen molar-refractivity contribution in [2.75, 3.05) is 21.3 Å². The smallest absolute Gasteiger partial charge is 0.400 e. The van der Waals surface area contributed by atoms with Crippen molar-refractivity contribution in [3.8, 4) is 0 Å². The lowest BCUT2D eigenvalue weighted by atomic mass is 9.71. The van der Waals surface area contributed by atoms with Crippen LogP contribution in [0.4, 0.5) is 26.3 Å². The molecule has 3 N–H and O–H groups in total. The fourth-order valence-electron chi connectivity index (χ4n) is 4.20. The van der Waals surface area contributed by atoms with Crippen LogP contribution in [0.25, 0.3) is 0 Å². The van der Waals surface area contributed by atoms with E-state index in [2.05, 4.69) is 27.0 Å². The number of hydrogen-bond donors (Lipinski definition) is 3. The number of carbonyl (C=O) groups is 4. The van der Waals surface area contributed by atoms with Crippen LogP contribution in [0.15, 0.2) is 73.5 Å². The van der Waals surface area contributed by atoms with Crippen molar-refractivity contribution in [3.05, 3.63) is 107 Å². The number of carbonyl (C=O) groups excluding carboxylic acids is 4. The molecule has 0 spiro atoms. The topological polar surface area (TPSA) is 124 Å². The Balaban J connectivity index is 0. The SMILES string of the molecule is C=C/C=C(\C=C)N(C)C(=O)c1cc(C(c2ccc3c(c2)C(=O)NC3=O)(C(F)(F)F)C(F)(F)F)ccc1C=O.CC.CCC.CO.CO. The van der Waals surface area contributed by atoms with Gasteiger partial charge in [-0.1, -0.05) is 71.5 Å². The number of nitrogens with zero attached hydrogens (tertiary/aromatic N) is 1. The average Bonchev–Trinajstić information content (AvgIpc) is 3.33. The highest BCUT2D eigenvalue weighted by atomic mass is 19.4. The minimum absolute atomic E-state index is 0.0967. The van der Waals surface area contributed by atoms with Gasteiger partial charge in [0, 0.05) is 32.5 Å². The Labute approximate surface area is 270 Å².